The van der Waals surface area contributed by atoms with E-state index in [0.29, 0.717) is 24.1 Å². The minimum atomic E-state index is -0.487. The molecule has 3 amide bonds. The molecule has 1 N–H and O–H groups in total. The topological polar surface area (TPSA) is 92.8 Å². The summed E-state index contributed by atoms with van der Waals surface area (Å²) in [6.45, 7) is 1.64. The van der Waals surface area contributed by atoms with E-state index in [1.54, 1.807) is 25.1 Å². The van der Waals surface area contributed by atoms with Crippen LogP contribution in [0.3, 0.4) is 0 Å². The molecule has 1 aliphatic carbocycles. The van der Waals surface area contributed by atoms with Gasteiger partial charge >= 0.3 is 5.97 Å². The summed E-state index contributed by atoms with van der Waals surface area (Å²) < 4.78 is 4.92. The molecule has 0 radical (unpaired) electrons. The highest BCUT2D eigenvalue weighted by atomic mass is 16.5. The number of carbonyl (C=O) groups excluding carboxylic acids is 4. The van der Waals surface area contributed by atoms with Gasteiger partial charge in [0.25, 0.3) is 0 Å². The number of likely N-dealkylation sites (tertiary alicyclic amines) is 1. The van der Waals surface area contributed by atoms with E-state index in [4.69, 9.17) is 4.74 Å². The second-order valence-electron chi connectivity index (χ2n) is 6.27. The number of carbonyl (C=O) groups is 4. The van der Waals surface area contributed by atoms with Gasteiger partial charge in [-0.25, -0.2) is 4.79 Å². The molecule has 0 bridgehead atoms. The molecule has 1 fully saturated rings. The van der Waals surface area contributed by atoms with Crippen molar-refractivity contribution in [2.24, 2.45) is 11.8 Å². The minimum Gasteiger partial charge on any atom is -0.462 e. The van der Waals surface area contributed by atoms with Crippen LogP contribution in [0.2, 0.25) is 0 Å². The quantitative estimate of drug-likeness (QED) is 0.493. The fourth-order valence-corrected chi connectivity index (χ4v) is 3.31. The highest BCUT2D eigenvalue weighted by molar-refractivity contribution is 6.09. The molecule has 0 saturated carbocycles. The SMILES string of the molecule is CCOC(=O)c1cccc(NC(=O)CN2C(=O)[C@H]3CC=CC[C@@H]3C2=O)c1. The standard InChI is InChI=1S/C19H20N2O5/c1-2-26-19(25)12-6-5-7-13(10-12)20-16(22)11-21-17(23)14-8-3-4-9-15(14)18(21)24/h3-7,10,14-15H,2,8-9,11H2,1H3,(H,20,22)/t14-,15-/m0/s1. The number of allylic oxidation sites excluding steroid dienone is 2. The first-order valence-corrected chi connectivity index (χ1v) is 8.58. The third-order valence-electron chi connectivity index (χ3n) is 4.56. The minimum absolute atomic E-state index is 0.256. The van der Waals surface area contributed by atoms with Gasteiger partial charge in [-0.3, -0.25) is 19.3 Å². The molecule has 26 heavy (non-hydrogen) atoms. The third-order valence-corrected chi connectivity index (χ3v) is 4.56. The van der Waals surface area contributed by atoms with E-state index in [1.165, 1.54) is 6.07 Å². The van der Waals surface area contributed by atoms with Crippen molar-refractivity contribution in [3.8, 4) is 0 Å². The number of nitrogens with one attached hydrogen (secondary N) is 1. The zero-order valence-corrected chi connectivity index (χ0v) is 14.4. The molecular formula is C19H20N2O5. The average molecular weight is 356 g/mol. The summed E-state index contributed by atoms with van der Waals surface area (Å²) in [5.74, 6) is -2.26. The van der Waals surface area contributed by atoms with E-state index in [0.717, 1.165) is 4.90 Å². The van der Waals surface area contributed by atoms with Crippen LogP contribution in [0.5, 0.6) is 0 Å². The average Bonchev–Trinajstić information content (AvgIpc) is 2.87. The predicted molar refractivity (Wildman–Crippen MR) is 93.1 cm³/mol. The number of hydrogen-bond donors (Lipinski definition) is 1. The summed E-state index contributed by atoms with van der Waals surface area (Å²) in [4.78, 5) is 49.8. The molecule has 2 atom stereocenters. The van der Waals surface area contributed by atoms with Gasteiger partial charge in [-0.15, -0.1) is 0 Å². The molecule has 0 aromatic heterocycles. The second-order valence-corrected chi connectivity index (χ2v) is 6.27. The van der Waals surface area contributed by atoms with Gasteiger partial charge in [-0.2, -0.15) is 0 Å². The molecule has 2 aliphatic rings. The summed E-state index contributed by atoms with van der Waals surface area (Å²) >= 11 is 0. The van der Waals surface area contributed by atoms with Gasteiger partial charge in [0.15, 0.2) is 0 Å². The van der Waals surface area contributed by atoms with Gasteiger partial charge in [0.05, 0.1) is 24.0 Å². The van der Waals surface area contributed by atoms with E-state index in [9.17, 15) is 19.2 Å². The van der Waals surface area contributed by atoms with Crippen molar-refractivity contribution in [3.05, 3.63) is 42.0 Å². The Morgan fingerprint density at radius 2 is 1.81 bits per heavy atom. The van der Waals surface area contributed by atoms with Crippen molar-refractivity contribution < 1.29 is 23.9 Å². The fourth-order valence-electron chi connectivity index (χ4n) is 3.31. The number of nitrogens with zero attached hydrogens (tertiary/aromatic N) is 1. The van der Waals surface area contributed by atoms with Crippen molar-refractivity contribution in [2.75, 3.05) is 18.5 Å². The number of amides is 3. The Morgan fingerprint density at radius 3 is 2.42 bits per heavy atom. The van der Waals surface area contributed by atoms with Gasteiger partial charge in [-0.1, -0.05) is 18.2 Å². The van der Waals surface area contributed by atoms with Crippen molar-refractivity contribution in [3.63, 3.8) is 0 Å². The lowest BCUT2D eigenvalue weighted by atomic mass is 9.85. The van der Waals surface area contributed by atoms with Crippen LogP contribution in [0.15, 0.2) is 36.4 Å². The molecule has 136 valence electrons. The van der Waals surface area contributed by atoms with Crippen LogP contribution in [0.1, 0.15) is 30.1 Å². The van der Waals surface area contributed by atoms with Crippen molar-refractivity contribution in [2.45, 2.75) is 19.8 Å². The van der Waals surface area contributed by atoms with Crippen LogP contribution in [0.4, 0.5) is 5.69 Å². The lowest BCUT2D eigenvalue weighted by molar-refractivity contribution is -0.142. The zero-order chi connectivity index (χ0) is 18.7. The Labute approximate surface area is 151 Å². The maximum absolute atomic E-state index is 12.4. The summed E-state index contributed by atoms with van der Waals surface area (Å²) in [5, 5.41) is 2.62. The summed E-state index contributed by atoms with van der Waals surface area (Å²) in [6.07, 6.45) is 4.87. The van der Waals surface area contributed by atoms with E-state index in [2.05, 4.69) is 5.32 Å². The van der Waals surface area contributed by atoms with Gasteiger partial charge in [0, 0.05) is 5.69 Å². The molecule has 1 aromatic rings. The first kappa shape index (κ1) is 17.8. The highest BCUT2D eigenvalue weighted by Gasteiger charge is 2.47. The van der Waals surface area contributed by atoms with Gasteiger partial charge in [0.1, 0.15) is 6.54 Å². The van der Waals surface area contributed by atoms with Crippen LogP contribution >= 0.6 is 0 Å². The van der Waals surface area contributed by atoms with E-state index >= 15 is 0 Å². The Morgan fingerprint density at radius 1 is 1.15 bits per heavy atom. The molecule has 1 aromatic carbocycles. The van der Waals surface area contributed by atoms with Crippen molar-refractivity contribution in [1.29, 1.82) is 0 Å². The first-order chi connectivity index (χ1) is 12.5. The smallest absolute Gasteiger partial charge is 0.338 e. The maximum Gasteiger partial charge on any atom is 0.338 e. The van der Waals surface area contributed by atoms with Crippen LogP contribution in [-0.2, 0) is 19.1 Å². The number of rotatable bonds is 5. The third kappa shape index (κ3) is 3.51. The number of esters is 1. The fraction of sp³-hybridized carbons (Fsp3) is 0.368. The Kier molecular flexibility index (Phi) is 5.16. The molecule has 1 saturated heterocycles. The normalized spacial score (nSPS) is 21.5. The predicted octanol–water partition coefficient (Wildman–Crippen LogP) is 1.75. The lowest BCUT2D eigenvalue weighted by Gasteiger charge is -2.14. The maximum atomic E-state index is 12.4. The van der Waals surface area contributed by atoms with Gasteiger partial charge in [-0.05, 0) is 38.0 Å². The summed E-state index contributed by atoms with van der Waals surface area (Å²) in [7, 11) is 0. The summed E-state index contributed by atoms with van der Waals surface area (Å²) in [5.41, 5.74) is 0.716. The Bertz CT molecular complexity index is 760. The molecule has 3 rings (SSSR count). The summed E-state index contributed by atoms with van der Waals surface area (Å²) in [6, 6.07) is 6.32. The first-order valence-electron chi connectivity index (χ1n) is 8.58. The number of hydrogen-bond acceptors (Lipinski definition) is 5. The Hall–Kier alpha value is -2.96. The van der Waals surface area contributed by atoms with Crippen LogP contribution in [0.25, 0.3) is 0 Å². The molecule has 0 spiro atoms. The second kappa shape index (κ2) is 7.51. The van der Waals surface area contributed by atoms with E-state index in [-0.39, 0.29) is 36.8 Å². The van der Waals surface area contributed by atoms with Crippen molar-refractivity contribution in [1.82, 2.24) is 4.90 Å². The molecule has 1 aliphatic heterocycles. The van der Waals surface area contributed by atoms with E-state index in [1.807, 2.05) is 12.2 Å². The van der Waals surface area contributed by atoms with Gasteiger partial charge < -0.3 is 10.1 Å². The highest BCUT2D eigenvalue weighted by Crippen LogP contribution is 2.34. The number of imide groups is 1. The number of anilines is 1. The number of ether oxygens (including phenoxy) is 1. The molecule has 7 heteroatoms. The molecule has 0 unspecified atom stereocenters. The van der Waals surface area contributed by atoms with Crippen LogP contribution in [0, 0.1) is 11.8 Å². The van der Waals surface area contributed by atoms with Crippen LogP contribution in [-0.4, -0.2) is 41.7 Å². The molecular weight excluding hydrogens is 336 g/mol. The van der Waals surface area contributed by atoms with Crippen molar-refractivity contribution >= 4 is 29.4 Å². The Balaban J connectivity index is 1.64. The largest absolute Gasteiger partial charge is 0.462 e. The zero-order valence-electron chi connectivity index (χ0n) is 14.4. The molecule has 7 nitrogen and oxygen atoms in total. The monoisotopic (exact) mass is 356 g/mol. The van der Waals surface area contributed by atoms with Crippen LogP contribution < -0.4 is 5.32 Å². The molecule has 1 heterocycles. The number of benzene rings is 1. The van der Waals surface area contributed by atoms with E-state index < -0.39 is 11.9 Å². The number of fused-ring (bicyclic) bond motifs is 1. The van der Waals surface area contributed by atoms with Gasteiger partial charge in [0.2, 0.25) is 17.7 Å². The lowest BCUT2D eigenvalue weighted by Crippen LogP contribution is -2.38.